The first-order chi connectivity index (χ1) is 9.05. The lowest BCUT2D eigenvalue weighted by molar-refractivity contribution is 0.127. The summed E-state index contributed by atoms with van der Waals surface area (Å²) in [6.45, 7) is 0.931. The predicted molar refractivity (Wildman–Crippen MR) is 72.5 cm³/mol. The van der Waals surface area contributed by atoms with Crippen molar-refractivity contribution in [1.29, 1.82) is 0 Å². The molecule has 1 unspecified atom stereocenters. The van der Waals surface area contributed by atoms with Crippen LogP contribution in [0.3, 0.4) is 0 Å². The first-order valence-corrected chi connectivity index (χ1v) is 8.19. The van der Waals surface area contributed by atoms with Gasteiger partial charge in [-0.25, -0.2) is 12.8 Å². The van der Waals surface area contributed by atoms with Gasteiger partial charge in [0.05, 0.1) is 17.6 Å². The van der Waals surface area contributed by atoms with Crippen molar-refractivity contribution in [3.8, 4) is 0 Å². The fourth-order valence-corrected chi connectivity index (χ4v) is 3.50. The van der Waals surface area contributed by atoms with Crippen molar-refractivity contribution in [3.63, 3.8) is 0 Å². The Morgan fingerprint density at radius 3 is 2.95 bits per heavy atom. The number of nitrogens with one attached hydrogen (secondary N) is 1. The fourth-order valence-electron chi connectivity index (χ4n) is 2.09. The van der Waals surface area contributed by atoms with Gasteiger partial charge in [-0.1, -0.05) is 6.07 Å². The van der Waals surface area contributed by atoms with Gasteiger partial charge in [0.1, 0.15) is 5.82 Å². The van der Waals surface area contributed by atoms with E-state index < -0.39 is 9.84 Å². The van der Waals surface area contributed by atoms with Gasteiger partial charge in [0.2, 0.25) is 0 Å². The second-order valence-electron chi connectivity index (χ2n) is 4.69. The molecule has 1 fully saturated rings. The molecule has 2 rings (SSSR count). The topological polar surface area (TPSA) is 55.4 Å². The number of halogens is 1. The van der Waals surface area contributed by atoms with E-state index in [0.29, 0.717) is 12.3 Å². The molecule has 0 aliphatic carbocycles. The molecule has 1 aliphatic rings. The van der Waals surface area contributed by atoms with E-state index in [0.717, 1.165) is 12.8 Å². The summed E-state index contributed by atoms with van der Waals surface area (Å²) in [7, 11) is -3.13. The Morgan fingerprint density at radius 1 is 1.42 bits per heavy atom. The standard InChI is InChI=1S/C13H18FNO3S/c14-11-3-1-4-12(9-11)15-6-8-19(16,17)10-13-5-2-7-18-13/h1,3-4,9,13,15H,2,5-8,10H2. The van der Waals surface area contributed by atoms with Crippen LogP contribution in [0.2, 0.25) is 0 Å². The van der Waals surface area contributed by atoms with E-state index in [-0.39, 0.29) is 30.0 Å². The van der Waals surface area contributed by atoms with Crippen molar-refractivity contribution < 1.29 is 17.5 Å². The number of hydrogen-bond donors (Lipinski definition) is 1. The number of sulfone groups is 1. The molecule has 4 nitrogen and oxygen atoms in total. The van der Waals surface area contributed by atoms with Gasteiger partial charge in [-0.05, 0) is 31.0 Å². The average molecular weight is 287 g/mol. The Labute approximate surface area is 112 Å². The van der Waals surface area contributed by atoms with E-state index in [2.05, 4.69) is 5.32 Å². The molecular formula is C13H18FNO3S. The Bertz CT molecular complexity index is 512. The molecule has 0 amide bonds. The van der Waals surface area contributed by atoms with Gasteiger partial charge in [-0.15, -0.1) is 0 Å². The van der Waals surface area contributed by atoms with E-state index >= 15 is 0 Å². The van der Waals surface area contributed by atoms with Crippen LogP contribution >= 0.6 is 0 Å². The maximum Gasteiger partial charge on any atom is 0.154 e. The summed E-state index contributed by atoms with van der Waals surface area (Å²) in [6, 6.07) is 5.97. The van der Waals surface area contributed by atoms with E-state index in [1.165, 1.54) is 12.1 Å². The predicted octanol–water partition coefficient (Wildman–Crippen LogP) is 1.83. The quantitative estimate of drug-likeness (QED) is 0.867. The SMILES string of the molecule is O=S(=O)(CCNc1cccc(F)c1)CC1CCCO1. The zero-order chi connectivity index (χ0) is 13.7. The van der Waals surface area contributed by atoms with Gasteiger partial charge in [0.15, 0.2) is 9.84 Å². The molecule has 0 spiro atoms. The Kier molecular flexibility index (Phi) is 4.76. The Balaban J connectivity index is 1.78. The minimum Gasteiger partial charge on any atom is -0.384 e. The highest BCUT2D eigenvalue weighted by Crippen LogP contribution is 2.14. The van der Waals surface area contributed by atoms with Crippen LogP contribution in [0.5, 0.6) is 0 Å². The maximum absolute atomic E-state index is 12.9. The van der Waals surface area contributed by atoms with E-state index in [1.807, 2.05) is 0 Å². The van der Waals surface area contributed by atoms with Crippen LogP contribution in [-0.2, 0) is 14.6 Å². The molecular weight excluding hydrogens is 269 g/mol. The molecule has 19 heavy (non-hydrogen) atoms. The molecule has 1 saturated heterocycles. The smallest absolute Gasteiger partial charge is 0.154 e. The lowest BCUT2D eigenvalue weighted by atomic mass is 10.3. The van der Waals surface area contributed by atoms with E-state index in [1.54, 1.807) is 12.1 Å². The molecule has 1 aromatic rings. The second kappa shape index (κ2) is 6.34. The van der Waals surface area contributed by atoms with E-state index in [4.69, 9.17) is 4.74 Å². The zero-order valence-electron chi connectivity index (χ0n) is 10.6. The van der Waals surface area contributed by atoms with Crippen LogP contribution in [-0.4, -0.2) is 39.2 Å². The van der Waals surface area contributed by atoms with Crippen LogP contribution in [0.15, 0.2) is 24.3 Å². The van der Waals surface area contributed by atoms with Gasteiger partial charge in [0.25, 0.3) is 0 Å². The average Bonchev–Trinajstić information content (AvgIpc) is 2.80. The van der Waals surface area contributed by atoms with Gasteiger partial charge in [-0.3, -0.25) is 0 Å². The molecule has 1 atom stereocenters. The summed E-state index contributed by atoms with van der Waals surface area (Å²) in [6.07, 6.45) is 1.59. The number of rotatable bonds is 6. The number of benzene rings is 1. The lowest BCUT2D eigenvalue weighted by Gasteiger charge is -2.11. The van der Waals surface area contributed by atoms with Crippen molar-refractivity contribution >= 4 is 15.5 Å². The number of ether oxygens (including phenoxy) is 1. The van der Waals surface area contributed by atoms with Crippen molar-refractivity contribution in [3.05, 3.63) is 30.1 Å². The third-order valence-corrected chi connectivity index (χ3v) is 4.74. The minimum absolute atomic E-state index is 0.0311. The third-order valence-electron chi connectivity index (χ3n) is 3.03. The maximum atomic E-state index is 12.9. The Hall–Kier alpha value is -1.14. The first-order valence-electron chi connectivity index (χ1n) is 6.37. The van der Waals surface area contributed by atoms with Crippen molar-refractivity contribution in [2.75, 3.05) is 30.0 Å². The Morgan fingerprint density at radius 2 is 2.26 bits per heavy atom. The molecule has 0 bridgehead atoms. The normalized spacial score (nSPS) is 19.5. The number of anilines is 1. The highest BCUT2D eigenvalue weighted by Gasteiger charge is 2.22. The molecule has 0 saturated carbocycles. The van der Waals surface area contributed by atoms with Gasteiger partial charge < -0.3 is 10.1 Å². The summed E-state index contributed by atoms with van der Waals surface area (Å²) < 4.78 is 41.9. The minimum atomic E-state index is -3.13. The molecule has 1 aliphatic heterocycles. The van der Waals surface area contributed by atoms with E-state index in [9.17, 15) is 12.8 Å². The molecule has 1 aromatic carbocycles. The first kappa shape index (κ1) is 14.3. The van der Waals surface area contributed by atoms with Crippen LogP contribution in [0.1, 0.15) is 12.8 Å². The summed E-state index contributed by atoms with van der Waals surface area (Å²) >= 11 is 0. The molecule has 1 N–H and O–H groups in total. The molecule has 1 heterocycles. The molecule has 0 aromatic heterocycles. The summed E-state index contributed by atoms with van der Waals surface area (Å²) in [5, 5.41) is 2.91. The molecule has 0 radical (unpaired) electrons. The highest BCUT2D eigenvalue weighted by molar-refractivity contribution is 7.91. The van der Waals surface area contributed by atoms with Crippen LogP contribution in [0, 0.1) is 5.82 Å². The molecule has 6 heteroatoms. The van der Waals surface area contributed by atoms with Gasteiger partial charge in [-0.2, -0.15) is 0 Å². The van der Waals surface area contributed by atoms with Gasteiger partial charge >= 0.3 is 0 Å². The largest absolute Gasteiger partial charge is 0.384 e. The van der Waals surface area contributed by atoms with Crippen LogP contribution in [0.25, 0.3) is 0 Å². The second-order valence-corrected chi connectivity index (χ2v) is 6.92. The van der Waals surface area contributed by atoms with Crippen molar-refractivity contribution in [2.45, 2.75) is 18.9 Å². The van der Waals surface area contributed by atoms with Crippen molar-refractivity contribution in [1.82, 2.24) is 0 Å². The zero-order valence-corrected chi connectivity index (χ0v) is 11.5. The third kappa shape index (κ3) is 4.80. The summed E-state index contributed by atoms with van der Waals surface area (Å²) in [4.78, 5) is 0. The fraction of sp³-hybridized carbons (Fsp3) is 0.538. The lowest BCUT2D eigenvalue weighted by Crippen LogP contribution is -2.25. The van der Waals surface area contributed by atoms with Crippen LogP contribution in [0.4, 0.5) is 10.1 Å². The number of hydrogen-bond acceptors (Lipinski definition) is 4. The molecule has 106 valence electrons. The highest BCUT2D eigenvalue weighted by atomic mass is 32.2. The van der Waals surface area contributed by atoms with Crippen LogP contribution < -0.4 is 5.32 Å². The van der Waals surface area contributed by atoms with Crippen molar-refractivity contribution in [2.24, 2.45) is 0 Å². The monoisotopic (exact) mass is 287 g/mol. The summed E-state index contributed by atoms with van der Waals surface area (Å²) in [5.41, 5.74) is 0.590. The van der Waals surface area contributed by atoms with Gasteiger partial charge in [0, 0.05) is 18.8 Å². The summed E-state index contributed by atoms with van der Waals surface area (Å²) in [5.74, 6) is -0.228.